The van der Waals surface area contributed by atoms with Crippen LogP contribution in [0, 0.1) is 0 Å². The zero-order valence-corrected chi connectivity index (χ0v) is 14.9. The summed E-state index contributed by atoms with van der Waals surface area (Å²) in [6.45, 7) is 15.9. The van der Waals surface area contributed by atoms with Crippen LogP contribution in [0.3, 0.4) is 0 Å². The fraction of sp³-hybridized carbons (Fsp3) is 0.353. The molecular formula is C17H28O8. The Labute approximate surface area is 148 Å². The average Bonchev–Trinajstić information content (AvgIpc) is 2.55. The topological polar surface area (TPSA) is 141 Å². The van der Waals surface area contributed by atoms with Gasteiger partial charge in [0.25, 0.3) is 0 Å². The van der Waals surface area contributed by atoms with Gasteiger partial charge in [-0.05, 0) is 20.3 Å². The Morgan fingerprint density at radius 2 is 1.20 bits per heavy atom. The lowest BCUT2D eigenvalue weighted by Gasteiger charge is -1.96. The monoisotopic (exact) mass is 360 g/mol. The van der Waals surface area contributed by atoms with E-state index in [0.29, 0.717) is 12.0 Å². The number of carbonyl (C=O) groups excluding carboxylic acids is 1. The lowest BCUT2D eigenvalue weighted by molar-refractivity contribution is -0.136. The van der Waals surface area contributed by atoms with E-state index in [-0.39, 0.29) is 30.3 Å². The van der Waals surface area contributed by atoms with Crippen molar-refractivity contribution in [2.24, 2.45) is 0 Å². The number of rotatable bonds is 6. The number of methoxy groups -OCH3 is 1. The standard InChI is InChI=1S/C7H10O2.2C4H6O2.C2H6O2/c1-4-5-6(2)7(8)9-3;2*1-3(2)4(5)6;3-1-2-4/h4H,1-2,5H2,3H3;2*1H2,2H3,(H,5,6);3-4H,1-2H2. The first-order chi connectivity index (χ1) is 11.4. The maximum Gasteiger partial charge on any atom is 0.333 e. The largest absolute Gasteiger partial charge is 0.478 e. The number of aliphatic carboxylic acids is 2. The van der Waals surface area contributed by atoms with Gasteiger partial charge in [-0.25, -0.2) is 14.4 Å². The van der Waals surface area contributed by atoms with Crippen molar-refractivity contribution in [3.8, 4) is 0 Å². The maximum absolute atomic E-state index is 10.5. The van der Waals surface area contributed by atoms with Gasteiger partial charge in [-0.15, -0.1) is 6.58 Å². The number of hydrogen-bond donors (Lipinski definition) is 4. The molecule has 0 atom stereocenters. The summed E-state index contributed by atoms with van der Waals surface area (Å²) in [6.07, 6.45) is 2.10. The van der Waals surface area contributed by atoms with Crippen LogP contribution in [0.25, 0.3) is 0 Å². The molecule has 0 aromatic carbocycles. The second kappa shape index (κ2) is 21.3. The molecular weight excluding hydrogens is 332 g/mol. The summed E-state index contributed by atoms with van der Waals surface area (Å²) in [5.41, 5.74) is 0.789. The van der Waals surface area contributed by atoms with E-state index in [1.54, 1.807) is 6.08 Å². The fourth-order valence-corrected chi connectivity index (χ4v) is 0.402. The third kappa shape index (κ3) is 33.9. The molecule has 0 bridgehead atoms. The molecule has 0 aromatic heterocycles. The number of esters is 1. The van der Waals surface area contributed by atoms with Gasteiger partial charge in [0.05, 0.1) is 20.3 Å². The summed E-state index contributed by atoms with van der Waals surface area (Å²) >= 11 is 0. The molecule has 8 heteroatoms. The van der Waals surface area contributed by atoms with Crippen LogP contribution in [-0.4, -0.2) is 58.7 Å². The van der Waals surface area contributed by atoms with Crippen LogP contribution in [-0.2, 0) is 19.1 Å². The SMILES string of the molecule is C=C(C)C(=O)O.C=C(C)C(=O)O.C=CCC(=C)C(=O)OC.OCCO. The van der Waals surface area contributed by atoms with Crippen LogP contribution in [0.15, 0.2) is 49.1 Å². The van der Waals surface area contributed by atoms with Crippen LogP contribution in [0.5, 0.6) is 0 Å². The number of aliphatic hydroxyl groups is 2. The van der Waals surface area contributed by atoms with Gasteiger partial charge in [0.15, 0.2) is 0 Å². The van der Waals surface area contributed by atoms with E-state index in [0.717, 1.165) is 0 Å². The summed E-state index contributed by atoms with van der Waals surface area (Å²) < 4.78 is 4.38. The van der Waals surface area contributed by atoms with E-state index < -0.39 is 11.9 Å². The van der Waals surface area contributed by atoms with Gasteiger partial charge < -0.3 is 25.2 Å². The molecule has 0 fully saturated rings. The average molecular weight is 360 g/mol. The summed E-state index contributed by atoms with van der Waals surface area (Å²) in [7, 11) is 1.33. The van der Waals surface area contributed by atoms with E-state index in [9.17, 15) is 14.4 Å². The van der Waals surface area contributed by atoms with Gasteiger partial charge in [-0.3, -0.25) is 0 Å². The third-order valence-corrected chi connectivity index (χ3v) is 1.69. The van der Waals surface area contributed by atoms with Crippen LogP contribution in [0.1, 0.15) is 20.3 Å². The highest BCUT2D eigenvalue weighted by Gasteiger charge is 2.01. The summed E-state index contributed by atoms with van der Waals surface area (Å²) in [5, 5.41) is 31.0. The molecule has 144 valence electrons. The van der Waals surface area contributed by atoms with Gasteiger partial charge in [-0.2, -0.15) is 0 Å². The number of carboxylic acid groups (broad SMARTS) is 2. The minimum absolute atomic E-state index is 0.125. The van der Waals surface area contributed by atoms with Crippen molar-refractivity contribution in [2.75, 3.05) is 20.3 Å². The van der Waals surface area contributed by atoms with Crippen LogP contribution >= 0.6 is 0 Å². The molecule has 8 nitrogen and oxygen atoms in total. The molecule has 0 amide bonds. The van der Waals surface area contributed by atoms with Crippen molar-refractivity contribution in [2.45, 2.75) is 20.3 Å². The minimum atomic E-state index is -0.935. The first-order valence-corrected chi connectivity index (χ1v) is 6.79. The highest BCUT2D eigenvalue weighted by Crippen LogP contribution is 1.99. The molecule has 0 saturated carbocycles. The summed E-state index contributed by atoms with van der Waals surface area (Å²) in [5.74, 6) is -2.24. The molecule has 0 saturated heterocycles. The molecule has 0 spiro atoms. The van der Waals surface area contributed by atoms with E-state index in [2.05, 4.69) is 31.1 Å². The van der Waals surface area contributed by atoms with Crippen molar-refractivity contribution in [1.29, 1.82) is 0 Å². The Morgan fingerprint density at radius 3 is 1.32 bits per heavy atom. The smallest absolute Gasteiger partial charge is 0.333 e. The Kier molecular flexibility index (Phi) is 25.7. The number of carbonyl (C=O) groups is 3. The van der Waals surface area contributed by atoms with Gasteiger partial charge in [0.2, 0.25) is 0 Å². The van der Waals surface area contributed by atoms with Gasteiger partial charge in [-0.1, -0.05) is 25.8 Å². The highest BCUT2D eigenvalue weighted by atomic mass is 16.5. The number of hydrogen-bond acceptors (Lipinski definition) is 6. The zero-order valence-electron chi connectivity index (χ0n) is 14.9. The molecule has 0 radical (unpaired) electrons. The fourth-order valence-electron chi connectivity index (χ4n) is 0.402. The van der Waals surface area contributed by atoms with Crippen molar-refractivity contribution < 1.29 is 39.5 Å². The molecule has 0 heterocycles. The first-order valence-electron chi connectivity index (χ1n) is 6.79. The number of aliphatic hydroxyl groups excluding tert-OH is 2. The van der Waals surface area contributed by atoms with Crippen LogP contribution < -0.4 is 0 Å². The van der Waals surface area contributed by atoms with Gasteiger partial charge in [0, 0.05) is 16.7 Å². The van der Waals surface area contributed by atoms with Crippen molar-refractivity contribution in [3.05, 3.63) is 49.1 Å². The molecule has 0 aromatic rings. The number of allylic oxidation sites excluding steroid dienone is 1. The van der Waals surface area contributed by atoms with Gasteiger partial charge in [0.1, 0.15) is 0 Å². The van der Waals surface area contributed by atoms with E-state index in [1.165, 1.54) is 21.0 Å². The normalized spacial score (nSPS) is 7.72. The maximum atomic E-state index is 10.5. The van der Waals surface area contributed by atoms with Crippen molar-refractivity contribution in [3.63, 3.8) is 0 Å². The van der Waals surface area contributed by atoms with E-state index >= 15 is 0 Å². The Balaban J connectivity index is -0.000000123. The zero-order chi connectivity index (χ0) is 21.0. The molecule has 0 aliphatic rings. The third-order valence-electron chi connectivity index (χ3n) is 1.69. The number of ether oxygens (including phenoxy) is 1. The molecule has 0 aliphatic carbocycles. The first kappa shape index (κ1) is 30.2. The summed E-state index contributed by atoms with van der Waals surface area (Å²) in [6, 6.07) is 0. The molecule has 0 unspecified atom stereocenters. The molecule has 0 aliphatic heterocycles. The molecule has 0 rings (SSSR count). The van der Waals surface area contributed by atoms with Gasteiger partial charge >= 0.3 is 17.9 Å². The Bertz CT molecular complexity index is 413. The predicted octanol–water partition coefficient (Wildman–Crippen LogP) is 1.56. The second-order valence-electron chi connectivity index (χ2n) is 4.21. The number of carboxylic acids is 2. The predicted molar refractivity (Wildman–Crippen MR) is 95.0 cm³/mol. The van der Waals surface area contributed by atoms with E-state index in [1.807, 2.05) is 0 Å². The van der Waals surface area contributed by atoms with E-state index in [4.69, 9.17) is 20.4 Å². The highest BCUT2D eigenvalue weighted by molar-refractivity contribution is 5.87. The minimum Gasteiger partial charge on any atom is -0.478 e. The summed E-state index contributed by atoms with van der Waals surface area (Å²) in [4.78, 5) is 29.7. The second-order valence-corrected chi connectivity index (χ2v) is 4.21. The molecule has 4 N–H and O–H groups in total. The Morgan fingerprint density at radius 1 is 0.920 bits per heavy atom. The van der Waals surface area contributed by atoms with Crippen molar-refractivity contribution in [1.82, 2.24) is 0 Å². The lowest BCUT2D eigenvalue weighted by Crippen LogP contribution is -2.01. The quantitative estimate of drug-likeness (QED) is 0.318. The lowest BCUT2D eigenvalue weighted by atomic mass is 10.2. The Hall–Kier alpha value is -2.71. The van der Waals surface area contributed by atoms with Crippen LogP contribution in [0.4, 0.5) is 0 Å². The van der Waals surface area contributed by atoms with Crippen LogP contribution in [0.2, 0.25) is 0 Å². The molecule has 25 heavy (non-hydrogen) atoms. The van der Waals surface area contributed by atoms with Crippen molar-refractivity contribution >= 4 is 17.9 Å².